The lowest BCUT2D eigenvalue weighted by Gasteiger charge is -2.45. The molecule has 3 atom stereocenters. The maximum absolute atomic E-state index is 12.6. The van der Waals surface area contributed by atoms with Crippen molar-refractivity contribution in [2.75, 3.05) is 16.8 Å². The van der Waals surface area contributed by atoms with Crippen molar-refractivity contribution in [3.05, 3.63) is 47.3 Å². The van der Waals surface area contributed by atoms with Crippen LogP contribution in [0.1, 0.15) is 61.3 Å². The van der Waals surface area contributed by atoms with Gasteiger partial charge in [-0.3, -0.25) is 9.59 Å². The Morgan fingerprint density at radius 2 is 2.06 bits per heavy atom. The van der Waals surface area contributed by atoms with Crippen LogP contribution in [0.2, 0.25) is 0 Å². The van der Waals surface area contributed by atoms with Gasteiger partial charge in [0, 0.05) is 48.6 Å². The minimum Gasteiger partial charge on any atom is -0.351 e. The normalized spacial score (nSPS) is 19.8. The van der Waals surface area contributed by atoms with Crippen LogP contribution in [-0.4, -0.2) is 34.4 Å². The van der Waals surface area contributed by atoms with Crippen LogP contribution in [0.15, 0.2) is 30.5 Å². The van der Waals surface area contributed by atoms with Crippen LogP contribution in [0.25, 0.3) is 0 Å². The molecule has 1 aromatic heterocycles. The molecule has 1 aromatic carbocycles. The molecule has 0 aliphatic carbocycles. The molecule has 8 heteroatoms. The number of hydrogen-bond donors (Lipinski definition) is 2. The average Bonchev–Trinajstić information content (AvgIpc) is 2.74. The lowest BCUT2D eigenvalue weighted by molar-refractivity contribution is -0.117. The highest BCUT2D eigenvalue weighted by atomic mass is 16.2. The molecular weight excluding hydrogens is 392 g/mol. The Bertz CT molecular complexity index is 1020. The Hall–Kier alpha value is -3.47. The van der Waals surface area contributed by atoms with E-state index in [9.17, 15) is 9.59 Å². The van der Waals surface area contributed by atoms with Crippen molar-refractivity contribution in [1.29, 1.82) is 5.26 Å². The number of aryl methyl sites for hydroxylation is 1. The van der Waals surface area contributed by atoms with Gasteiger partial charge in [-0.2, -0.15) is 5.26 Å². The number of carbonyl (C=O) groups excluding carboxylic acids is 2. The fourth-order valence-corrected chi connectivity index (χ4v) is 4.24. The monoisotopic (exact) mass is 420 g/mol. The van der Waals surface area contributed by atoms with Crippen LogP contribution in [-0.2, 0) is 4.79 Å². The minimum atomic E-state index is -0.247. The number of nitriles is 1. The van der Waals surface area contributed by atoms with Crippen molar-refractivity contribution in [2.24, 2.45) is 5.92 Å². The van der Waals surface area contributed by atoms with Gasteiger partial charge >= 0.3 is 0 Å². The number of carbonyl (C=O) groups is 2. The first-order valence-corrected chi connectivity index (χ1v) is 10.5. The number of aromatic nitrogens is 2. The third-order valence-corrected chi connectivity index (χ3v) is 5.71. The lowest BCUT2D eigenvalue weighted by Crippen LogP contribution is -2.49. The highest BCUT2D eigenvalue weighted by Gasteiger charge is 2.40. The van der Waals surface area contributed by atoms with E-state index in [0.29, 0.717) is 18.1 Å². The Balaban J connectivity index is 2.05. The Morgan fingerprint density at radius 1 is 1.29 bits per heavy atom. The third kappa shape index (κ3) is 4.66. The van der Waals surface area contributed by atoms with Crippen molar-refractivity contribution in [1.82, 2.24) is 15.3 Å². The van der Waals surface area contributed by atoms with Gasteiger partial charge in [0.15, 0.2) is 0 Å². The van der Waals surface area contributed by atoms with E-state index in [4.69, 9.17) is 5.26 Å². The molecule has 2 N–H and O–H groups in total. The molecule has 0 bridgehead atoms. The van der Waals surface area contributed by atoms with Crippen LogP contribution in [0, 0.1) is 24.2 Å². The van der Waals surface area contributed by atoms with Crippen molar-refractivity contribution < 1.29 is 9.59 Å². The summed E-state index contributed by atoms with van der Waals surface area (Å²) in [6.45, 7) is 7.93. The SMILES string of the molecule is CCC1C(C)C(Nc2nccc(C)n2)c2cc(C(=O)NCCC#N)ccc2N1C(C)=O. The number of rotatable bonds is 6. The fraction of sp³-hybridized carbons (Fsp3) is 0.435. The predicted octanol–water partition coefficient (Wildman–Crippen LogP) is 3.36. The van der Waals surface area contributed by atoms with E-state index < -0.39 is 0 Å². The molecule has 2 heterocycles. The number of anilines is 2. The smallest absolute Gasteiger partial charge is 0.251 e. The number of hydrogen-bond acceptors (Lipinski definition) is 6. The van der Waals surface area contributed by atoms with E-state index in [1.807, 2.05) is 36.1 Å². The fourth-order valence-electron chi connectivity index (χ4n) is 4.24. The lowest BCUT2D eigenvalue weighted by atomic mass is 9.80. The maximum atomic E-state index is 12.6. The molecule has 2 amide bonds. The molecule has 1 aliphatic heterocycles. The summed E-state index contributed by atoms with van der Waals surface area (Å²) in [5.41, 5.74) is 2.98. The second kappa shape index (κ2) is 9.56. The molecule has 0 saturated carbocycles. The molecule has 3 unspecified atom stereocenters. The summed E-state index contributed by atoms with van der Waals surface area (Å²) in [4.78, 5) is 35.8. The molecule has 1 aliphatic rings. The van der Waals surface area contributed by atoms with Gasteiger partial charge in [0.05, 0.1) is 18.5 Å². The Morgan fingerprint density at radius 3 is 2.71 bits per heavy atom. The van der Waals surface area contributed by atoms with Gasteiger partial charge in [0.1, 0.15) is 0 Å². The van der Waals surface area contributed by atoms with Gasteiger partial charge in [0.25, 0.3) is 5.91 Å². The topological polar surface area (TPSA) is 111 Å². The van der Waals surface area contributed by atoms with E-state index in [-0.39, 0.29) is 36.2 Å². The van der Waals surface area contributed by atoms with Gasteiger partial charge in [0.2, 0.25) is 11.9 Å². The van der Waals surface area contributed by atoms with E-state index in [0.717, 1.165) is 23.4 Å². The van der Waals surface area contributed by atoms with Crippen LogP contribution < -0.4 is 15.5 Å². The average molecular weight is 421 g/mol. The van der Waals surface area contributed by atoms with Gasteiger partial charge < -0.3 is 15.5 Å². The second-order valence-corrected chi connectivity index (χ2v) is 7.80. The van der Waals surface area contributed by atoms with E-state index >= 15 is 0 Å². The Labute approximate surface area is 182 Å². The zero-order valence-corrected chi connectivity index (χ0v) is 18.3. The van der Waals surface area contributed by atoms with Gasteiger partial charge in [-0.25, -0.2) is 9.97 Å². The number of benzene rings is 1. The van der Waals surface area contributed by atoms with Crippen molar-refractivity contribution >= 4 is 23.5 Å². The maximum Gasteiger partial charge on any atom is 0.251 e. The summed E-state index contributed by atoms with van der Waals surface area (Å²) in [5, 5.41) is 14.9. The molecule has 8 nitrogen and oxygen atoms in total. The number of fused-ring (bicyclic) bond motifs is 1. The van der Waals surface area contributed by atoms with Gasteiger partial charge in [-0.05, 0) is 43.2 Å². The van der Waals surface area contributed by atoms with Crippen molar-refractivity contribution in [3.63, 3.8) is 0 Å². The zero-order valence-electron chi connectivity index (χ0n) is 18.3. The highest BCUT2D eigenvalue weighted by molar-refractivity contribution is 5.98. The largest absolute Gasteiger partial charge is 0.351 e. The summed E-state index contributed by atoms with van der Waals surface area (Å²) in [6, 6.07) is 9.05. The number of nitrogens with zero attached hydrogens (tertiary/aromatic N) is 4. The quantitative estimate of drug-likeness (QED) is 0.693. The first-order valence-electron chi connectivity index (χ1n) is 10.5. The van der Waals surface area contributed by atoms with Crippen LogP contribution in [0.3, 0.4) is 0 Å². The highest BCUT2D eigenvalue weighted by Crippen LogP contribution is 2.43. The van der Waals surface area contributed by atoms with E-state index in [1.165, 1.54) is 0 Å². The second-order valence-electron chi connectivity index (χ2n) is 7.80. The van der Waals surface area contributed by atoms with Gasteiger partial charge in [-0.15, -0.1) is 0 Å². The first-order chi connectivity index (χ1) is 14.9. The molecule has 0 saturated heterocycles. The van der Waals surface area contributed by atoms with Crippen LogP contribution >= 0.6 is 0 Å². The number of amides is 2. The summed E-state index contributed by atoms with van der Waals surface area (Å²) < 4.78 is 0. The summed E-state index contributed by atoms with van der Waals surface area (Å²) in [5.74, 6) is 0.292. The zero-order chi connectivity index (χ0) is 22.5. The summed E-state index contributed by atoms with van der Waals surface area (Å²) in [7, 11) is 0. The summed E-state index contributed by atoms with van der Waals surface area (Å²) >= 11 is 0. The summed E-state index contributed by atoms with van der Waals surface area (Å²) in [6.07, 6.45) is 2.75. The van der Waals surface area contributed by atoms with Crippen LogP contribution in [0.4, 0.5) is 11.6 Å². The molecule has 162 valence electrons. The molecular formula is C23H28N6O2. The third-order valence-electron chi connectivity index (χ3n) is 5.71. The molecule has 0 fully saturated rings. The van der Waals surface area contributed by atoms with Crippen LogP contribution in [0.5, 0.6) is 0 Å². The molecule has 31 heavy (non-hydrogen) atoms. The minimum absolute atomic E-state index is 0.00242. The molecule has 2 aromatic rings. The van der Waals surface area contributed by atoms with E-state index in [2.05, 4.69) is 34.4 Å². The Kier molecular flexibility index (Phi) is 6.85. The predicted molar refractivity (Wildman–Crippen MR) is 119 cm³/mol. The molecule has 0 spiro atoms. The van der Waals surface area contributed by atoms with Crippen molar-refractivity contribution in [2.45, 2.75) is 52.6 Å². The van der Waals surface area contributed by atoms with E-state index in [1.54, 1.807) is 19.2 Å². The molecule has 3 rings (SSSR count). The molecule has 0 radical (unpaired) electrons. The van der Waals surface area contributed by atoms with Crippen molar-refractivity contribution in [3.8, 4) is 6.07 Å². The number of nitrogens with one attached hydrogen (secondary N) is 2. The first kappa shape index (κ1) is 22.2. The van der Waals surface area contributed by atoms with Gasteiger partial charge in [-0.1, -0.05) is 13.8 Å². The standard InChI is InChI=1S/C23H28N6O2/c1-5-19-15(3)21(28-23-26-12-9-14(2)27-23)18-13-17(22(31)25-11-6-10-24)7-8-20(18)29(19)16(4)30/h7-9,12-13,15,19,21H,5-6,11H2,1-4H3,(H,25,31)(H,26,27,28).